The van der Waals surface area contributed by atoms with Gasteiger partial charge in [0.25, 0.3) is 0 Å². The summed E-state index contributed by atoms with van der Waals surface area (Å²) in [6.45, 7) is 0.770. The fourth-order valence-corrected chi connectivity index (χ4v) is 4.36. The third-order valence-corrected chi connectivity index (χ3v) is 5.98. The molecule has 1 aromatic carbocycles. The van der Waals surface area contributed by atoms with Crippen molar-refractivity contribution in [3.05, 3.63) is 45.9 Å². The molecule has 0 aliphatic carbocycles. The smallest absolute Gasteiger partial charge is 0.160 e. The lowest BCUT2D eigenvalue weighted by Gasteiger charge is -2.04. The van der Waals surface area contributed by atoms with Gasteiger partial charge in [-0.2, -0.15) is 0 Å². The Bertz CT molecular complexity index is 976. The summed E-state index contributed by atoms with van der Waals surface area (Å²) < 4.78 is 5.53. The maximum atomic E-state index is 4.58. The molecule has 22 heavy (non-hydrogen) atoms. The van der Waals surface area contributed by atoms with Crippen molar-refractivity contribution >= 4 is 67.1 Å². The molecule has 0 bridgehead atoms. The average molecular weight is 438 g/mol. The van der Waals surface area contributed by atoms with Crippen LogP contribution in [0.4, 0.5) is 0 Å². The van der Waals surface area contributed by atoms with Crippen molar-refractivity contribution in [2.75, 3.05) is 6.26 Å². The van der Waals surface area contributed by atoms with Crippen molar-refractivity contribution in [1.29, 1.82) is 0 Å². The molecule has 0 saturated carbocycles. The molecule has 4 aromatic rings. The molecule has 4 rings (SSSR count). The van der Waals surface area contributed by atoms with E-state index in [4.69, 9.17) is 0 Å². The van der Waals surface area contributed by atoms with E-state index in [0.717, 1.165) is 31.1 Å². The summed E-state index contributed by atoms with van der Waals surface area (Å²) in [4.78, 5) is 13.5. The van der Waals surface area contributed by atoms with Crippen molar-refractivity contribution in [1.82, 2.24) is 19.5 Å². The summed E-state index contributed by atoms with van der Waals surface area (Å²) in [5.74, 6) is 0. The largest absolute Gasteiger partial charge is 0.311 e. The summed E-state index contributed by atoms with van der Waals surface area (Å²) in [6.07, 6.45) is 5.79. The molecule has 0 N–H and O–H groups in total. The van der Waals surface area contributed by atoms with Crippen LogP contribution in [-0.4, -0.2) is 25.8 Å². The third kappa shape index (κ3) is 2.61. The molecule has 0 aliphatic heterocycles. The van der Waals surface area contributed by atoms with E-state index in [9.17, 15) is 0 Å². The number of aromatic nitrogens is 4. The second kappa shape index (κ2) is 5.78. The highest BCUT2D eigenvalue weighted by Crippen LogP contribution is 2.29. The Kier molecular flexibility index (Phi) is 3.79. The molecular formula is C15H11IN4S2. The van der Waals surface area contributed by atoms with Crippen LogP contribution >= 0.6 is 45.7 Å². The van der Waals surface area contributed by atoms with E-state index in [1.54, 1.807) is 23.1 Å². The topological polar surface area (TPSA) is 43.6 Å². The SMILES string of the molecule is CSc1nc2ccc(Cn3cnc4cc(I)cnc43)cc2s1. The molecule has 0 saturated heterocycles. The van der Waals surface area contributed by atoms with Gasteiger partial charge in [-0.25, -0.2) is 15.0 Å². The number of hydrogen-bond donors (Lipinski definition) is 0. The van der Waals surface area contributed by atoms with Crippen LogP contribution in [-0.2, 0) is 6.54 Å². The normalized spacial score (nSPS) is 11.5. The van der Waals surface area contributed by atoms with E-state index < -0.39 is 0 Å². The highest BCUT2D eigenvalue weighted by molar-refractivity contribution is 14.1. The number of imidazole rings is 1. The number of nitrogens with zero attached hydrogens (tertiary/aromatic N) is 4. The zero-order valence-corrected chi connectivity index (χ0v) is 15.4. The van der Waals surface area contributed by atoms with Gasteiger partial charge < -0.3 is 4.57 Å². The highest BCUT2D eigenvalue weighted by atomic mass is 127. The summed E-state index contributed by atoms with van der Waals surface area (Å²) in [5, 5.41) is 0. The molecule has 0 amide bonds. The average Bonchev–Trinajstić information content (AvgIpc) is 3.10. The molecule has 3 aromatic heterocycles. The molecule has 0 unspecified atom stereocenters. The van der Waals surface area contributed by atoms with E-state index in [0.29, 0.717) is 0 Å². The summed E-state index contributed by atoms with van der Waals surface area (Å²) >= 11 is 5.69. The van der Waals surface area contributed by atoms with Gasteiger partial charge in [-0.15, -0.1) is 11.3 Å². The maximum absolute atomic E-state index is 4.58. The molecule has 0 spiro atoms. The number of thiazole rings is 1. The maximum Gasteiger partial charge on any atom is 0.160 e. The van der Waals surface area contributed by atoms with Crippen LogP contribution in [0, 0.1) is 3.57 Å². The van der Waals surface area contributed by atoms with Crippen LogP contribution in [0.5, 0.6) is 0 Å². The molecule has 7 heteroatoms. The summed E-state index contributed by atoms with van der Waals surface area (Å²) in [6, 6.07) is 8.49. The van der Waals surface area contributed by atoms with Crippen molar-refractivity contribution in [3.8, 4) is 0 Å². The highest BCUT2D eigenvalue weighted by Gasteiger charge is 2.07. The lowest BCUT2D eigenvalue weighted by molar-refractivity contribution is 0.815. The number of pyridine rings is 1. The first-order valence-electron chi connectivity index (χ1n) is 6.63. The molecular weight excluding hydrogens is 427 g/mol. The number of halogens is 1. The monoisotopic (exact) mass is 438 g/mol. The number of hydrogen-bond acceptors (Lipinski definition) is 5. The minimum atomic E-state index is 0.770. The fraction of sp³-hybridized carbons (Fsp3) is 0.133. The van der Waals surface area contributed by atoms with Crippen LogP contribution in [0.15, 0.2) is 41.1 Å². The molecule has 4 nitrogen and oxygen atoms in total. The molecule has 110 valence electrons. The van der Waals surface area contributed by atoms with Gasteiger partial charge in [0.1, 0.15) is 5.52 Å². The molecule has 0 aliphatic rings. The second-order valence-electron chi connectivity index (χ2n) is 4.85. The Labute approximate surface area is 149 Å². The van der Waals surface area contributed by atoms with E-state index in [1.165, 1.54) is 10.3 Å². The molecule has 3 heterocycles. The van der Waals surface area contributed by atoms with E-state index in [-0.39, 0.29) is 0 Å². The predicted octanol–water partition coefficient (Wildman–Crippen LogP) is 4.42. The van der Waals surface area contributed by atoms with Gasteiger partial charge in [-0.1, -0.05) is 17.8 Å². The molecule has 0 atom stereocenters. The van der Waals surface area contributed by atoms with Gasteiger partial charge in [-0.3, -0.25) is 0 Å². The zero-order valence-electron chi connectivity index (χ0n) is 11.7. The first-order chi connectivity index (χ1) is 10.7. The Balaban J connectivity index is 1.72. The number of thioether (sulfide) groups is 1. The number of benzene rings is 1. The van der Waals surface area contributed by atoms with Gasteiger partial charge in [0.15, 0.2) is 9.99 Å². The van der Waals surface area contributed by atoms with Gasteiger partial charge >= 0.3 is 0 Å². The van der Waals surface area contributed by atoms with Crippen LogP contribution in [0.1, 0.15) is 5.56 Å². The van der Waals surface area contributed by atoms with Crippen LogP contribution in [0.25, 0.3) is 21.4 Å². The Morgan fingerprint density at radius 1 is 1.23 bits per heavy atom. The first kappa shape index (κ1) is 14.4. The van der Waals surface area contributed by atoms with Gasteiger partial charge in [0.05, 0.1) is 23.1 Å². The van der Waals surface area contributed by atoms with E-state index in [2.05, 4.69) is 72.6 Å². The van der Waals surface area contributed by atoms with Crippen molar-refractivity contribution in [3.63, 3.8) is 0 Å². The lowest BCUT2D eigenvalue weighted by atomic mass is 10.2. The summed E-state index contributed by atoms with van der Waals surface area (Å²) in [7, 11) is 0. The van der Waals surface area contributed by atoms with Crippen LogP contribution in [0.2, 0.25) is 0 Å². The number of fused-ring (bicyclic) bond motifs is 2. The Hall–Kier alpha value is -1.19. The van der Waals surface area contributed by atoms with Gasteiger partial charge in [0.2, 0.25) is 0 Å². The van der Waals surface area contributed by atoms with Gasteiger partial charge in [0, 0.05) is 9.77 Å². The minimum absolute atomic E-state index is 0.770. The fourth-order valence-electron chi connectivity index (χ4n) is 2.37. The summed E-state index contributed by atoms with van der Waals surface area (Å²) in [5.41, 5.74) is 4.18. The van der Waals surface area contributed by atoms with Crippen molar-refractivity contribution < 1.29 is 0 Å². The third-order valence-electron chi connectivity index (χ3n) is 3.38. The lowest BCUT2D eigenvalue weighted by Crippen LogP contribution is -1.99. The molecule has 0 fully saturated rings. The first-order valence-corrected chi connectivity index (χ1v) is 9.75. The van der Waals surface area contributed by atoms with Crippen molar-refractivity contribution in [2.45, 2.75) is 10.9 Å². The van der Waals surface area contributed by atoms with E-state index in [1.807, 2.05) is 12.5 Å². The zero-order chi connectivity index (χ0) is 15.1. The van der Waals surface area contributed by atoms with Crippen LogP contribution in [0.3, 0.4) is 0 Å². The number of rotatable bonds is 3. The second-order valence-corrected chi connectivity index (χ2v) is 8.18. The predicted molar refractivity (Wildman–Crippen MR) is 101 cm³/mol. The minimum Gasteiger partial charge on any atom is -0.311 e. The quantitative estimate of drug-likeness (QED) is 0.351. The molecule has 0 radical (unpaired) electrons. The standard InChI is InChI=1S/C15H11IN4S2/c1-21-15-19-11-3-2-9(4-13(11)22-15)7-20-8-18-12-5-10(16)6-17-14(12)20/h2-6,8H,7H2,1H3. The van der Waals surface area contributed by atoms with Crippen molar-refractivity contribution in [2.24, 2.45) is 0 Å². The van der Waals surface area contributed by atoms with Crippen LogP contribution < -0.4 is 0 Å². The van der Waals surface area contributed by atoms with Gasteiger partial charge in [-0.05, 0) is 52.6 Å². The van der Waals surface area contributed by atoms with E-state index >= 15 is 0 Å². The Morgan fingerprint density at radius 2 is 2.14 bits per heavy atom. The Morgan fingerprint density at radius 3 is 3.00 bits per heavy atom.